The number of hydrogen-bond donors (Lipinski definition) is 1. The summed E-state index contributed by atoms with van der Waals surface area (Å²) >= 11 is 1.67. The number of hydrogen-bond acceptors (Lipinski definition) is 4. The number of rotatable bonds is 6. The largest absolute Gasteiger partial charge is 0.348 e. The van der Waals surface area contributed by atoms with E-state index in [0.29, 0.717) is 29.6 Å². The Morgan fingerprint density at radius 1 is 1.00 bits per heavy atom. The molecule has 1 amide bonds. The molecule has 0 fully saturated rings. The number of fused-ring (bicyclic) bond motifs is 1. The van der Waals surface area contributed by atoms with E-state index < -0.39 is 0 Å². The van der Waals surface area contributed by atoms with Gasteiger partial charge in [-0.25, -0.2) is 0 Å². The summed E-state index contributed by atoms with van der Waals surface area (Å²) in [6, 6.07) is 24.3. The second-order valence-electron chi connectivity index (χ2n) is 7.39. The Morgan fingerprint density at radius 2 is 1.72 bits per heavy atom. The Hall–Kier alpha value is -3.82. The highest BCUT2D eigenvalue weighted by Gasteiger charge is 2.10. The summed E-state index contributed by atoms with van der Waals surface area (Å²) < 4.78 is 1.61. The van der Waals surface area contributed by atoms with E-state index >= 15 is 0 Å². The molecule has 0 saturated heterocycles. The van der Waals surface area contributed by atoms with Gasteiger partial charge in [-0.15, -0.1) is 11.8 Å². The van der Waals surface area contributed by atoms with Gasteiger partial charge < -0.3 is 9.88 Å². The summed E-state index contributed by atoms with van der Waals surface area (Å²) in [5.74, 6) is -0.220. The maximum atomic E-state index is 13.0. The van der Waals surface area contributed by atoms with Gasteiger partial charge in [0, 0.05) is 28.6 Å². The molecule has 0 aliphatic carbocycles. The lowest BCUT2D eigenvalue weighted by atomic mass is 10.1. The zero-order chi connectivity index (χ0) is 22.5. The van der Waals surface area contributed by atoms with Crippen LogP contribution < -0.4 is 10.9 Å². The van der Waals surface area contributed by atoms with Gasteiger partial charge in [-0.3, -0.25) is 9.59 Å². The molecule has 0 saturated carbocycles. The van der Waals surface area contributed by atoms with Crippen molar-refractivity contribution in [2.45, 2.75) is 18.0 Å². The van der Waals surface area contributed by atoms with Gasteiger partial charge in [-0.2, -0.15) is 5.26 Å². The molecule has 158 valence electrons. The van der Waals surface area contributed by atoms with Crippen LogP contribution in [0.5, 0.6) is 0 Å². The Morgan fingerprint density at radius 3 is 2.41 bits per heavy atom. The highest BCUT2D eigenvalue weighted by molar-refractivity contribution is 7.98. The van der Waals surface area contributed by atoms with E-state index in [1.54, 1.807) is 52.9 Å². The lowest BCUT2D eigenvalue weighted by molar-refractivity contribution is 0.0951. The zero-order valence-electron chi connectivity index (χ0n) is 17.5. The number of amides is 1. The number of carbonyl (C=O) groups is 1. The van der Waals surface area contributed by atoms with Gasteiger partial charge in [0.25, 0.3) is 11.5 Å². The molecule has 3 aromatic carbocycles. The van der Waals surface area contributed by atoms with E-state index in [-0.39, 0.29) is 11.5 Å². The number of carbonyl (C=O) groups excluding carboxylic acids is 1. The highest BCUT2D eigenvalue weighted by Crippen LogP contribution is 2.16. The SMILES string of the molecule is CSc1ccc(CNC(=O)c2ccc3ccn(Cc4ccc(C#N)cc4)c(=O)c3c2)cc1. The average molecular weight is 440 g/mol. The fourth-order valence-corrected chi connectivity index (χ4v) is 3.86. The van der Waals surface area contributed by atoms with Crippen molar-refractivity contribution in [1.29, 1.82) is 5.26 Å². The number of nitrogens with zero attached hydrogens (tertiary/aromatic N) is 2. The molecule has 0 aliphatic rings. The molecule has 0 spiro atoms. The van der Waals surface area contributed by atoms with E-state index in [4.69, 9.17) is 5.26 Å². The van der Waals surface area contributed by atoms with Crippen molar-refractivity contribution in [3.63, 3.8) is 0 Å². The maximum absolute atomic E-state index is 13.0. The first-order chi connectivity index (χ1) is 15.6. The van der Waals surface area contributed by atoms with Gasteiger partial charge in [-0.1, -0.05) is 30.3 Å². The van der Waals surface area contributed by atoms with Crippen molar-refractivity contribution in [3.05, 3.63) is 112 Å². The summed E-state index contributed by atoms with van der Waals surface area (Å²) in [6.07, 6.45) is 3.77. The number of benzene rings is 3. The van der Waals surface area contributed by atoms with Crippen LogP contribution in [0.4, 0.5) is 0 Å². The van der Waals surface area contributed by atoms with Crippen LogP contribution in [-0.4, -0.2) is 16.7 Å². The highest BCUT2D eigenvalue weighted by atomic mass is 32.2. The predicted octanol–water partition coefficient (Wildman–Crippen LogP) is 4.57. The zero-order valence-corrected chi connectivity index (χ0v) is 18.4. The normalized spacial score (nSPS) is 10.6. The molecule has 0 unspecified atom stereocenters. The van der Waals surface area contributed by atoms with E-state index in [1.165, 1.54) is 4.90 Å². The molecule has 1 heterocycles. The van der Waals surface area contributed by atoms with Crippen molar-refractivity contribution in [1.82, 2.24) is 9.88 Å². The van der Waals surface area contributed by atoms with Crippen LogP contribution >= 0.6 is 11.8 Å². The fraction of sp³-hybridized carbons (Fsp3) is 0.115. The second kappa shape index (κ2) is 9.54. The summed E-state index contributed by atoms with van der Waals surface area (Å²) in [4.78, 5) is 26.9. The lowest BCUT2D eigenvalue weighted by Gasteiger charge is -2.10. The van der Waals surface area contributed by atoms with Gasteiger partial charge in [0.1, 0.15) is 0 Å². The Bertz CT molecular complexity index is 1370. The fourth-order valence-electron chi connectivity index (χ4n) is 3.45. The third-order valence-corrected chi connectivity index (χ3v) is 6.03. The summed E-state index contributed by atoms with van der Waals surface area (Å²) in [6.45, 7) is 0.812. The maximum Gasteiger partial charge on any atom is 0.258 e. The smallest absolute Gasteiger partial charge is 0.258 e. The summed E-state index contributed by atoms with van der Waals surface area (Å²) in [7, 11) is 0. The van der Waals surface area contributed by atoms with Crippen molar-refractivity contribution in [2.75, 3.05) is 6.26 Å². The van der Waals surface area contributed by atoms with E-state index in [2.05, 4.69) is 11.4 Å². The Labute approximate surface area is 190 Å². The molecule has 0 atom stereocenters. The molecule has 6 heteroatoms. The van der Waals surface area contributed by atoms with E-state index in [0.717, 1.165) is 16.5 Å². The van der Waals surface area contributed by atoms with Crippen LogP contribution in [-0.2, 0) is 13.1 Å². The molecule has 1 aromatic heterocycles. The Kier molecular flexibility index (Phi) is 6.39. The van der Waals surface area contributed by atoms with Crippen LogP contribution in [0, 0.1) is 11.3 Å². The molecule has 5 nitrogen and oxygen atoms in total. The van der Waals surface area contributed by atoms with Gasteiger partial charge in [0.15, 0.2) is 0 Å². The molecule has 0 bridgehead atoms. The predicted molar refractivity (Wildman–Crippen MR) is 128 cm³/mol. The number of pyridine rings is 1. The lowest BCUT2D eigenvalue weighted by Crippen LogP contribution is -2.24. The number of nitriles is 1. The quantitative estimate of drug-likeness (QED) is 0.447. The van der Waals surface area contributed by atoms with Gasteiger partial charge in [0.05, 0.1) is 18.2 Å². The molecule has 4 rings (SSSR count). The first kappa shape index (κ1) is 21.4. The van der Waals surface area contributed by atoms with E-state index in [9.17, 15) is 9.59 Å². The summed E-state index contributed by atoms with van der Waals surface area (Å²) in [5, 5.41) is 13.1. The Balaban J connectivity index is 1.53. The number of aromatic nitrogens is 1. The minimum atomic E-state index is -0.220. The van der Waals surface area contributed by atoms with Gasteiger partial charge >= 0.3 is 0 Å². The number of thioether (sulfide) groups is 1. The number of nitrogens with one attached hydrogen (secondary N) is 1. The topological polar surface area (TPSA) is 74.9 Å². The van der Waals surface area contributed by atoms with Crippen molar-refractivity contribution in [3.8, 4) is 6.07 Å². The second-order valence-corrected chi connectivity index (χ2v) is 8.27. The first-order valence-electron chi connectivity index (χ1n) is 10.1. The third kappa shape index (κ3) is 4.74. The third-order valence-electron chi connectivity index (χ3n) is 5.29. The average Bonchev–Trinajstić information content (AvgIpc) is 2.85. The minimum absolute atomic E-state index is 0.158. The minimum Gasteiger partial charge on any atom is -0.348 e. The monoisotopic (exact) mass is 439 g/mol. The first-order valence-corrected chi connectivity index (χ1v) is 11.3. The van der Waals surface area contributed by atoms with Crippen LogP contribution in [0.3, 0.4) is 0 Å². The van der Waals surface area contributed by atoms with Crippen molar-refractivity contribution < 1.29 is 4.79 Å². The van der Waals surface area contributed by atoms with Crippen LogP contribution in [0.15, 0.2) is 88.7 Å². The summed E-state index contributed by atoms with van der Waals surface area (Å²) in [5.41, 5.74) is 2.81. The van der Waals surface area contributed by atoms with Crippen LogP contribution in [0.1, 0.15) is 27.0 Å². The van der Waals surface area contributed by atoms with Crippen LogP contribution in [0.25, 0.3) is 10.8 Å². The van der Waals surface area contributed by atoms with Gasteiger partial charge in [0.2, 0.25) is 0 Å². The van der Waals surface area contributed by atoms with Crippen molar-refractivity contribution in [2.24, 2.45) is 0 Å². The standard InChI is InChI=1S/C26H21N3O2S/c1-32-23-10-6-19(7-11-23)16-28-25(30)22-9-8-21-12-13-29(26(31)24(21)14-22)17-20-4-2-18(15-27)3-5-20/h2-14H,16-17H2,1H3,(H,28,30). The van der Waals surface area contributed by atoms with Crippen molar-refractivity contribution >= 4 is 28.4 Å². The molecule has 32 heavy (non-hydrogen) atoms. The molecule has 4 aromatic rings. The van der Waals surface area contributed by atoms with Crippen LogP contribution in [0.2, 0.25) is 0 Å². The molecular formula is C26H21N3O2S. The van der Waals surface area contributed by atoms with E-state index in [1.807, 2.05) is 48.7 Å². The molecule has 1 N–H and O–H groups in total. The molecule has 0 aliphatic heterocycles. The van der Waals surface area contributed by atoms with Gasteiger partial charge in [-0.05, 0) is 65.2 Å². The molecular weight excluding hydrogens is 418 g/mol. The molecule has 0 radical (unpaired) electrons.